The van der Waals surface area contributed by atoms with Crippen LogP contribution in [0.1, 0.15) is 12.0 Å². The zero-order chi connectivity index (χ0) is 14.3. The van der Waals surface area contributed by atoms with Gasteiger partial charge >= 0.3 is 5.97 Å². The summed E-state index contributed by atoms with van der Waals surface area (Å²) in [6.45, 7) is 0.0983. The number of nitrogens with one attached hydrogen (secondary N) is 1. The van der Waals surface area contributed by atoms with E-state index in [1.165, 1.54) is 7.11 Å². The number of amides is 1. The van der Waals surface area contributed by atoms with Crippen molar-refractivity contribution >= 4 is 17.6 Å². The minimum absolute atomic E-state index is 0.0564. The zero-order valence-electron chi connectivity index (χ0n) is 10.8. The fourth-order valence-corrected chi connectivity index (χ4v) is 1.59. The van der Waals surface area contributed by atoms with Gasteiger partial charge in [0.2, 0.25) is 0 Å². The van der Waals surface area contributed by atoms with Crippen molar-refractivity contribution in [1.82, 2.24) is 0 Å². The van der Waals surface area contributed by atoms with Crippen molar-refractivity contribution in [3.05, 3.63) is 29.8 Å². The second-order valence-corrected chi connectivity index (χ2v) is 4.04. The minimum Gasteiger partial charge on any atom is -0.481 e. The lowest BCUT2D eigenvalue weighted by atomic mass is 10.1. The summed E-state index contributed by atoms with van der Waals surface area (Å²) in [5, 5.41) is 11.3. The molecule has 0 aromatic heterocycles. The Morgan fingerprint density at radius 2 is 2.21 bits per heavy atom. The molecule has 19 heavy (non-hydrogen) atoms. The summed E-state index contributed by atoms with van der Waals surface area (Å²) in [5.74, 6) is -1.17. The molecule has 0 spiro atoms. The van der Waals surface area contributed by atoms with E-state index in [-0.39, 0.29) is 18.9 Å². The first kappa shape index (κ1) is 15.1. The number of hydrogen-bond acceptors (Lipinski definition) is 4. The number of aryl methyl sites for hydroxylation is 1. The molecular formula is C13H18N2O4. The lowest BCUT2D eigenvalue weighted by Gasteiger charge is -2.13. The molecule has 0 saturated carbocycles. The van der Waals surface area contributed by atoms with Crippen LogP contribution >= 0.6 is 0 Å². The standard InChI is InChI=1S/C13H18N2O4/c1-19-11(8-14)13(18)15-10-4-2-3-9(7-10)5-6-12(16)17/h2-4,7,11H,5-6,8,14H2,1H3,(H,15,18)(H,16,17). The Bertz CT molecular complexity index is 444. The average molecular weight is 266 g/mol. The van der Waals surface area contributed by atoms with Gasteiger partial charge in [-0.3, -0.25) is 9.59 Å². The summed E-state index contributed by atoms with van der Waals surface area (Å²) in [6, 6.07) is 7.04. The minimum atomic E-state index is -0.850. The zero-order valence-corrected chi connectivity index (χ0v) is 10.8. The van der Waals surface area contributed by atoms with Crippen LogP contribution in [0, 0.1) is 0 Å². The predicted molar refractivity (Wildman–Crippen MR) is 70.9 cm³/mol. The van der Waals surface area contributed by atoms with Crippen molar-refractivity contribution < 1.29 is 19.4 Å². The van der Waals surface area contributed by atoms with Crippen LogP contribution in [0.5, 0.6) is 0 Å². The van der Waals surface area contributed by atoms with Gasteiger partial charge in [-0.2, -0.15) is 0 Å². The van der Waals surface area contributed by atoms with Crippen LogP contribution in [-0.4, -0.2) is 36.7 Å². The Balaban J connectivity index is 2.66. The summed E-state index contributed by atoms with van der Waals surface area (Å²) in [7, 11) is 1.42. The topological polar surface area (TPSA) is 102 Å². The molecule has 0 aliphatic heterocycles. The molecule has 4 N–H and O–H groups in total. The maximum atomic E-state index is 11.7. The summed E-state index contributed by atoms with van der Waals surface area (Å²) in [5.41, 5.74) is 6.85. The van der Waals surface area contributed by atoms with Gasteiger partial charge in [0.1, 0.15) is 6.10 Å². The number of carbonyl (C=O) groups is 2. The quantitative estimate of drug-likeness (QED) is 0.671. The molecule has 1 aromatic rings. The van der Waals surface area contributed by atoms with Crippen LogP contribution < -0.4 is 11.1 Å². The molecule has 6 nitrogen and oxygen atoms in total. The van der Waals surface area contributed by atoms with Gasteiger partial charge in [0.15, 0.2) is 0 Å². The van der Waals surface area contributed by atoms with Gasteiger partial charge < -0.3 is 20.9 Å². The van der Waals surface area contributed by atoms with Gasteiger partial charge in [-0.25, -0.2) is 0 Å². The lowest BCUT2D eigenvalue weighted by molar-refractivity contribution is -0.137. The molecule has 1 rings (SSSR count). The van der Waals surface area contributed by atoms with Gasteiger partial charge in [0, 0.05) is 25.8 Å². The monoisotopic (exact) mass is 266 g/mol. The molecule has 0 aliphatic rings. The highest BCUT2D eigenvalue weighted by atomic mass is 16.5. The molecule has 0 bridgehead atoms. The Hall–Kier alpha value is -1.92. The van der Waals surface area contributed by atoms with E-state index >= 15 is 0 Å². The summed E-state index contributed by atoms with van der Waals surface area (Å²) in [6.07, 6.45) is -0.215. The Morgan fingerprint density at radius 1 is 1.47 bits per heavy atom. The highest BCUT2D eigenvalue weighted by Crippen LogP contribution is 2.13. The first-order valence-corrected chi connectivity index (χ1v) is 5.91. The number of aliphatic carboxylic acids is 1. The molecule has 0 fully saturated rings. The van der Waals surface area contributed by atoms with Crippen LogP contribution in [0.2, 0.25) is 0 Å². The predicted octanol–water partition coefficient (Wildman–Crippen LogP) is 0.616. The molecule has 0 saturated heterocycles. The first-order chi connectivity index (χ1) is 9.06. The number of carboxylic acid groups (broad SMARTS) is 1. The number of anilines is 1. The van der Waals surface area contributed by atoms with Crippen molar-refractivity contribution in [3.63, 3.8) is 0 Å². The summed E-state index contributed by atoms with van der Waals surface area (Å²) in [4.78, 5) is 22.2. The van der Waals surface area contributed by atoms with E-state index in [9.17, 15) is 9.59 Å². The molecule has 0 radical (unpaired) electrons. The number of carboxylic acids is 1. The normalized spacial score (nSPS) is 11.9. The van der Waals surface area contributed by atoms with Crippen molar-refractivity contribution in [2.75, 3.05) is 19.0 Å². The molecule has 1 unspecified atom stereocenters. The Morgan fingerprint density at radius 3 is 2.79 bits per heavy atom. The second-order valence-electron chi connectivity index (χ2n) is 4.04. The number of methoxy groups -OCH3 is 1. The van der Waals surface area contributed by atoms with Crippen molar-refractivity contribution in [3.8, 4) is 0 Å². The van der Waals surface area contributed by atoms with E-state index in [1.807, 2.05) is 6.07 Å². The molecule has 6 heteroatoms. The largest absolute Gasteiger partial charge is 0.481 e. The number of hydrogen-bond donors (Lipinski definition) is 3. The third kappa shape index (κ3) is 5.07. The maximum Gasteiger partial charge on any atom is 0.303 e. The fraction of sp³-hybridized carbons (Fsp3) is 0.385. The van der Waals surface area contributed by atoms with Crippen molar-refractivity contribution in [2.45, 2.75) is 18.9 Å². The third-order valence-electron chi connectivity index (χ3n) is 2.61. The van der Waals surface area contributed by atoms with Gasteiger partial charge in [-0.1, -0.05) is 12.1 Å². The average Bonchev–Trinajstić information content (AvgIpc) is 2.38. The van der Waals surface area contributed by atoms with Crippen LogP contribution in [0.25, 0.3) is 0 Å². The number of nitrogens with two attached hydrogens (primary N) is 1. The van der Waals surface area contributed by atoms with Gasteiger partial charge in [0.25, 0.3) is 5.91 Å². The van der Waals surface area contributed by atoms with E-state index in [4.69, 9.17) is 15.6 Å². The third-order valence-corrected chi connectivity index (χ3v) is 2.61. The molecule has 1 amide bonds. The van der Waals surface area contributed by atoms with Gasteiger partial charge in [-0.15, -0.1) is 0 Å². The van der Waals surface area contributed by atoms with E-state index in [1.54, 1.807) is 18.2 Å². The van der Waals surface area contributed by atoms with E-state index < -0.39 is 12.1 Å². The fourth-order valence-electron chi connectivity index (χ4n) is 1.59. The van der Waals surface area contributed by atoms with Crippen LogP contribution in [0.15, 0.2) is 24.3 Å². The van der Waals surface area contributed by atoms with Crippen molar-refractivity contribution in [2.24, 2.45) is 5.73 Å². The SMILES string of the molecule is COC(CN)C(=O)Nc1cccc(CCC(=O)O)c1. The number of rotatable bonds is 7. The van der Waals surface area contributed by atoms with Crippen molar-refractivity contribution in [1.29, 1.82) is 0 Å². The number of benzene rings is 1. The van der Waals surface area contributed by atoms with Crippen LogP contribution in [-0.2, 0) is 20.7 Å². The smallest absolute Gasteiger partial charge is 0.303 e. The molecule has 1 aromatic carbocycles. The molecule has 0 heterocycles. The Kier molecular flexibility index (Phi) is 5.98. The Labute approximate surface area is 111 Å². The first-order valence-electron chi connectivity index (χ1n) is 5.91. The maximum absolute atomic E-state index is 11.7. The van der Waals surface area contributed by atoms with E-state index in [0.29, 0.717) is 12.1 Å². The number of carbonyl (C=O) groups excluding carboxylic acids is 1. The van der Waals surface area contributed by atoms with Crippen LogP contribution in [0.4, 0.5) is 5.69 Å². The molecular weight excluding hydrogens is 248 g/mol. The number of ether oxygens (including phenoxy) is 1. The summed E-state index contributed by atoms with van der Waals surface area (Å²) >= 11 is 0. The molecule has 104 valence electrons. The van der Waals surface area contributed by atoms with Gasteiger partial charge in [-0.05, 0) is 24.1 Å². The summed E-state index contributed by atoms with van der Waals surface area (Å²) < 4.78 is 4.93. The molecule has 1 atom stereocenters. The van der Waals surface area contributed by atoms with Gasteiger partial charge in [0.05, 0.1) is 0 Å². The van der Waals surface area contributed by atoms with E-state index in [0.717, 1.165) is 5.56 Å². The highest BCUT2D eigenvalue weighted by molar-refractivity contribution is 5.94. The second kappa shape index (κ2) is 7.50. The van der Waals surface area contributed by atoms with E-state index in [2.05, 4.69) is 5.32 Å². The highest BCUT2D eigenvalue weighted by Gasteiger charge is 2.15. The van der Waals surface area contributed by atoms with Crippen LogP contribution in [0.3, 0.4) is 0 Å². The molecule has 0 aliphatic carbocycles. The lowest BCUT2D eigenvalue weighted by Crippen LogP contribution is -2.35.